The lowest BCUT2D eigenvalue weighted by Crippen LogP contribution is -2.40. The third-order valence-corrected chi connectivity index (χ3v) is 18.1. The summed E-state index contributed by atoms with van der Waals surface area (Å²) in [5, 5.41) is 11.8. The highest BCUT2D eigenvalue weighted by atomic mass is 32.2. The lowest BCUT2D eigenvalue weighted by atomic mass is 10.1. The molecule has 21 nitrogen and oxygen atoms in total. The minimum Gasteiger partial charge on any atom is -0.497 e. The van der Waals surface area contributed by atoms with Crippen LogP contribution >= 0.6 is 0 Å². The lowest BCUT2D eigenvalue weighted by Gasteiger charge is -2.27. The van der Waals surface area contributed by atoms with Gasteiger partial charge in [0.25, 0.3) is 0 Å². The van der Waals surface area contributed by atoms with E-state index in [4.69, 9.17) is 34.0 Å². The summed E-state index contributed by atoms with van der Waals surface area (Å²) in [6.07, 6.45) is 12.3. The molecule has 4 aliphatic rings. The summed E-state index contributed by atoms with van der Waals surface area (Å²) in [5.41, 5.74) is 4.75. The molecule has 23 heteroatoms. The number of rotatable bonds is 20. The first-order chi connectivity index (χ1) is 35.8. The molecule has 0 unspecified atom stereocenters. The molecule has 8 rings (SSSR count). The molecular formula is C52H80N10O11S2. The molecule has 0 bridgehead atoms. The van der Waals surface area contributed by atoms with Crippen molar-refractivity contribution in [1.29, 1.82) is 0 Å². The Morgan fingerprint density at radius 3 is 1.51 bits per heavy atom. The van der Waals surface area contributed by atoms with Crippen LogP contribution in [0.2, 0.25) is 0 Å². The molecule has 1 amide bonds. The number of fused-ring (bicyclic) bond motifs is 2. The summed E-state index contributed by atoms with van der Waals surface area (Å²) in [7, 11) is -1.34. The van der Waals surface area contributed by atoms with Crippen LogP contribution in [0.4, 0.5) is 0 Å². The number of carboxylic acids is 1. The Hall–Kier alpha value is -4.98. The number of imidazole rings is 2. The zero-order valence-electron chi connectivity index (χ0n) is 45.3. The smallest absolute Gasteiger partial charge is 0.329 e. The molecule has 0 saturated carbocycles. The highest BCUT2D eigenvalue weighted by Crippen LogP contribution is 2.29. The molecule has 4 aromatic rings. The molecule has 2 aromatic carbocycles. The summed E-state index contributed by atoms with van der Waals surface area (Å²) in [6, 6.07) is 6.75. The van der Waals surface area contributed by atoms with E-state index in [-0.39, 0.29) is 48.6 Å². The Kier molecular flexibility index (Phi) is 22.0. The van der Waals surface area contributed by atoms with Gasteiger partial charge >= 0.3 is 5.97 Å². The number of methoxy groups -OCH3 is 2. The number of hydrogen-bond donors (Lipinski definition) is 2. The van der Waals surface area contributed by atoms with E-state index in [2.05, 4.69) is 36.6 Å². The van der Waals surface area contributed by atoms with Gasteiger partial charge in [-0.3, -0.25) is 14.6 Å². The number of carbonyl (C=O) groups is 2. The fourth-order valence-corrected chi connectivity index (χ4v) is 13.0. The van der Waals surface area contributed by atoms with E-state index in [1.54, 1.807) is 64.0 Å². The van der Waals surface area contributed by atoms with Gasteiger partial charge in [0.15, 0.2) is 0 Å². The molecule has 2 aromatic heterocycles. The van der Waals surface area contributed by atoms with Crippen molar-refractivity contribution < 1.29 is 50.5 Å². The van der Waals surface area contributed by atoms with E-state index in [9.17, 15) is 26.4 Å². The van der Waals surface area contributed by atoms with Crippen LogP contribution < -0.4 is 14.8 Å². The second-order valence-corrected chi connectivity index (χ2v) is 23.6. The van der Waals surface area contributed by atoms with Crippen LogP contribution in [0.15, 0.2) is 46.5 Å². The van der Waals surface area contributed by atoms with Crippen molar-refractivity contribution in [3.05, 3.63) is 81.9 Å². The summed E-state index contributed by atoms with van der Waals surface area (Å²) in [5.74, 6) is 2.13. The van der Waals surface area contributed by atoms with Gasteiger partial charge in [-0.15, -0.1) is 0 Å². The number of benzene rings is 2. The van der Waals surface area contributed by atoms with Gasteiger partial charge in [-0.25, -0.2) is 31.6 Å². The average Bonchev–Trinajstić information content (AvgIpc) is 3.99. The predicted molar refractivity (Wildman–Crippen MR) is 284 cm³/mol. The number of likely N-dealkylation sites (tertiary alicyclic amines) is 2. The maximum absolute atomic E-state index is 13.1. The number of nitrogens with one attached hydrogen (secondary N) is 1. The monoisotopic (exact) mass is 1080 g/mol. The van der Waals surface area contributed by atoms with Crippen molar-refractivity contribution >= 4 is 31.9 Å². The number of amides is 1. The number of piperidine rings is 2. The van der Waals surface area contributed by atoms with Crippen molar-refractivity contribution in [2.24, 2.45) is 0 Å². The number of ether oxygens (including phenoxy) is 4. The van der Waals surface area contributed by atoms with E-state index in [1.165, 1.54) is 88.6 Å². The second kappa shape index (κ2) is 27.9. The topological polar surface area (TPSA) is 223 Å². The van der Waals surface area contributed by atoms with Gasteiger partial charge in [0.1, 0.15) is 36.4 Å². The molecule has 2 fully saturated rings. The molecule has 0 atom stereocenters. The van der Waals surface area contributed by atoms with E-state index in [1.807, 2.05) is 0 Å². The first-order valence-electron chi connectivity index (χ1n) is 25.9. The molecule has 6 heterocycles. The van der Waals surface area contributed by atoms with Crippen LogP contribution in [0.3, 0.4) is 0 Å². The van der Waals surface area contributed by atoms with Gasteiger partial charge in [0, 0.05) is 78.8 Å². The minimum atomic E-state index is -3.70. The predicted octanol–water partition coefficient (Wildman–Crippen LogP) is 4.18. The van der Waals surface area contributed by atoms with Crippen LogP contribution in [0.25, 0.3) is 0 Å². The van der Waals surface area contributed by atoms with Crippen LogP contribution in [0, 0.1) is 27.7 Å². The molecule has 75 heavy (non-hydrogen) atoms. The molecule has 2 N–H and O–H groups in total. The third kappa shape index (κ3) is 16.5. The van der Waals surface area contributed by atoms with Crippen LogP contribution in [-0.4, -0.2) is 183 Å². The molecule has 0 radical (unpaired) electrons. The van der Waals surface area contributed by atoms with Gasteiger partial charge in [-0.1, -0.05) is 12.8 Å². The zero-order valence-corrected chi connectivity index (χ0v) is 46.9. The first-order valence-corrected chi connectivity index (χ1v) is 28.8. The quantitative estimate of drug-likeness (QED) is 0.119. The number of likely N-dealkylation sites (N-methyl/N-ethyl adjacent to an activating group) is 2. The van der Waals surface area contributed by atoms with Gasteiger partial charge in [-0.05, 0) is 126 Å². The Labute approximate surface area is 444 Å². The van der Waals surface area contributed by atoms with Crippen LogP contribution in [0.5, 0.6) is 11.5 Å². The Bertz CT molecular complexity index is 2680. The first kappa shape index (κ1) is 59.3. The van der Waals surface area contributed by atoms with Crippen LogP contribution in [0.1, 0.15) is 83.8 Å². The SMILES string of the molecule is COc1cc(C)c(S(=O)(=O)N(C)CCOCC(=O)N2CCn3cc(CN4CCCCC4)nc3C2)c(C)c1.COc1cc(C)c(S(=O)(=O)N(C)CCOCC(=O)O)c(C)c1.c1c(CN2CCCCC2)nc2n1CCNC2. The normalized spacial score (nSPS) is 16.4. The third-order valence-electron chi connectivity index (χ3n) is 13.8. The number of sulfonamides is 2. The second-order valence-electron chi connectivity index (χ2n) is 19.7. The van der Waals surface area contributed by atoms with Crippen molar-refractivity contribution in [2.75, 3.05) is 107 Å². The summed E-state index contributed by atoms with van der Waals surface area (Å²) in [6.45, 7) is 18.3. The van der Waals surface area contributed by atoms with E-state index in [0.29, 0.717) is 46.8 Å². The fraction of sp³-hybridized carbons (Fsp3) is 0.615. The van der Waals surface area contributed by atoms with Gasteiger partial charge in [0.2, 0.25) is 26.0 Å². The zero-order chi connectivity index (χ0) is 54.3. The Morgan fingerprint density at radius 1 is 0.627 bits per heavy atom. The lowest BCUT2D eigenvalue weighted by molar-refractivity contribution is -0.142. The number of carbonyl (C=O) groups excluding carboxylic acids is 1. The number of nitrogens with zero attached hydrogens (tertiary/aromatic N) is 9. The maximum atomic E-state index is 13.1. The Balaban J connectivity index is 0.000000203. The highest BCUT2D eigenvalue weighted by molar-refractivity contribution is 7.89. The van der Waals surface area contributed by atoms with E-state index < -0.39 is 32.6 Å². The molecular weight excluding hydrogens is 1000 g/mol. The molecule has 4 aliphatic heterocycles. The summed E-state index contributed by atoms with van der Waals surface area (Å²) >= 11 is 0. The van der Waals surface area contributed by atoms with Crippen molar-refractivity contribution in [1.82, 2.24) is 47.7 Å². The van der Waals surface area contributed by atoms with Gasteiger partial charge < -0.3 is 43.4 Å². The molecule has 0 aliphatic carbocycles. The number of hydrogen-bond acceptors (Lipinski definition) is 15. The van der Waals surface area contributed by atoms with E-state index in [0.717, 1.165) is 68.2 Å². The highest BCUT2D eigenvalue weighted by Gasteiger charge is 2.28. The van der Waals surface area contributed by atoms with Gasteiger partial charge in [0.05, 0.1) is 61.7 Å². The van der Waals surface area contributed by atoms with Gasteiger partial charge in [-0.2, -0.15) is 8.61 Å². The molecule has 2 saturated heterocycles. The fourth-order valence-electron chi connectivity index (χ4n) is 9.84. The largest absolute Gasteiger partial charge is 0.497 e. The number of aliphatic carboxylic acids is 1. The summed E-state index contributed by atoms with van der Waals surface area (Å²) in [4.78, 5) is 39.8. The van der Waals surface area contributed by atoms with E-state index >= 15 is 0 Å². The maximum Gasteiger partial charge on any atom is 0.329 e. The minimum absolute atomic E-state index is 0.0102. The van der Waals surface area contributed by atoms with Crippen molar-refractivity contribution in [2.45, 2.75) is 115 Å². The van der Waals surface area contributed by atoms with Crippen molar-refractivity contribution in [3.8, 4) is 11.5 Å². The number of carboxylic acid groups (broad SMARTS) is 1. The average molecular weight is 1090 g/mol. The number of aromatic nitrogens is 4. The molecule has 0 spiro atoms. The number of aryl methyl sites for hydroxylation is 4. The summed E-state index contributed by atoms with van der Waals surface area (Å²) < 4.78 is 79.2. The molecule has 416 valence electrons. The van der Waals surface area contributed by atoms with Crippen molar-refractivity contribution in [3.63, 3.8) is 0 Å². The Morgan fingerprint density at radius 2 is 1.07 bits per heavy atom. The van der Waals surface area contributed by atoms with Crippen LogP contribution in [-0.2, 0) is 78.4 Å². The standard InChI is InChI=1S/C26H39N5O5S.C14H21NO6S.C12H20N4/c1-20-14-23(35-4)15-21(2)26(20)37(33,34)28(3)12-13-36-19-25(32)31-11-10-30-17-22(27-24(30)18-31)16-29-8-6-5-7-9-29;1-10-7-12(20-4)8-11(2)14(10)22(18,19)15(3)5-6-21-9-13(16)17;1-2-5-15(6-3-1)9-11-10-16-7-4-13-8-12(16)14-11/h14-15,17H,5-13,16,18-19H2,1-4H3;7-8H,5-6,9H2,1-4H3,(H,16,17);10,13H,1-9H2.